The third-order valence-corrected chi connectivity index (χ3v) is 3.17. The molecule has 0 unspecified atom stereocenters. The summed E-state index contributed by atoms with van der Waals surface area (Å²) in [6.07, 6.45) is 0.748. The van der Waals surface area contributed by atoms with Gasteiger partial charge in [0.1, 0.15) is 0 Å². The number of nitrogens with zero attached hydrogens (tertiary/aromatic N) is 3. The summed E-state index contributed by atoms with van der Waals surface area (Å²) in [5, 5.41) is 13.0. The van der Waals surface area contributed by atoms with Crippen LogP contribution in [0.3, 0.4) is 0 Å². The van der Waals surface area contributed by atoms with Crippen LogP contribution in [0.25, 0.3) is 11.4 Å². The molecule has 5 heteroatoms. The molecule has 1 aromatic carbocycles. The van der Waals surface area contributed by atoms with Gasteiger partial charge in [0.15, 0.2) is 0 Å². The lowest BCUT2D eigenvalue weighted by Gasteiger charge is -2.24. The topological polar surface area (TPSA) is 62.4 Å². The van der Waals surface area contributed by atoms with Crippen LogP contribution < -0.4 is 0 Å². The second-order valence-electron chi connectivity index (χ2n) is 5.02. The highest BCUT2D eigenvalue weighted by Crippen LogP contribution is 2.16. The van der Waals surface area contributed by atoms with Crippen LogP contribution >= 0.6 is 0 Å². The lowest BCUT2D eigenvalue weighted by Crippen LogP contribution is -2.31. The summed E-state index contributed by atoms with van der Waals surface area (Å²) in [4.78, 5) is 6.64. The molecule has 0 aliphatic rings. The molecule has 1 heterocycles. The van der Waals surface area contributed by atoms with Crippen molar-refractivity contribution in [3.8, 4) is 11.4 Å². The van der Waals surface area contributed by atoms with Crippen molar-refractivity contribution in [1.29, 1.82) is 0 Å². The van der Waals surface area contributed by atoms with E-state index in [9.17, 15) is 0 Å². The van der Waals surface area contributed by atoms with Crippen LogP contribution in [0, 0.1) is 0 Å². The summed E-state index contributed by atoms with van der Waals surface area (Å²) >= 11 is 0. The van der Waals surface area contributed by atoms with Crippen molar-refractivity contribution >= 4 is 0 Å². The first-order valence-corrected chi connectivity index (χ1v) is 6.93. The highest BCUT2D eigenvalue weighted by molar-refractivity contribution is 5.53. The van der Waals surface area contributed by atoms with Gasteiger partial charge in [-0.2, -0.15) is 4.98 Å². The fraction of sp³-hybridized carbons (Fsp3) is 0.467. The van der Waals surface area contributed by atoms with E-state index in [0.29, 0.717) is 24.3 Å². The Kier molecular flexibility index (Phi) is 5.26. The molecule has 0 radical (unpaired) electrons. The number of hydrogen-bond acceptors (Lipinski definition) is 5. The normalized spacial score (nSPS) is 11.4. The highest BCUT2D eigenvalue weighted by atomic mass is 16.5. The number of aliphatic hydroxyl groups excluding tert-OH is 1. The molecule has 108 valence electrons. The van der Waals surface area contributed by atoms with E-state index in [1.54, 1.807) is 0 Å². The molecule has 0 spiro atoms. The van der Waals surface area contributed by atoms with E-state index in [1.165, 1.54) is 0 Å². The molecule has 0 aliphatic carbocycles. The quantitative estimate of drug-likeness (QED) is 0.840. The molecule has 0 amide bonds. The van der Waals surface area contributed by atoms with E-state index >= 15 is 0 Å². The minimum Gasteiger partial charge on any atom is -0.396 e. The van der Waals surface area contributed by atoms with Crippen molar-refractivity contribution in [3.05, 3.63) is 36.2 Å². The van der Waals surface area contributed by atoms with Crippen molar-refractivity contribution in [1.82, 2.24) is 15.0 Å². The number of rotatable bonds is 7. The van der Waals surface area contributed by atoms with Crippen LogP contribution in [-0.2, 0) is 6.54 Å². The summed E-state index contributed by atoms with van der Waals surface area (Å²) in [7, 11) is 0. The monoisotopic (exact) mass is 275 g/mol. The van der Waals surface area contributed by atoms with Gasteiger partial charge in [-0.3, -0.25) is 4.90 Å². The van der Waals surface area contributed by atoms with Crippen LogP contribution in [0.1, 0.15) is 26.2 Å². The SMILES string of the molecule is CC(C)N(CCCO)Cc1nc(-c2ccccc2)no1. The van der Waals surface area contributed by atoms with Gasteiger partial charge >= 0.3 is 0 Å². The Morgan fingerprint density at radius 1 is 1.25 bits per heavy atom. The summed E-state index contributed by atoms with van der Waals surface area (Å²) < 4.78 is 5.31. The smallest absolute Gasteiger partial charge is 0.241 e. The van der Waals surface area contributed by atoms with Gasteiger partial charge in [0, 0.05) is 24.8 Å². The number of hydrogen-bond donors (Lipinski definition) is 1. The van der Waals surface area contributed by atoms with Gasteiger partial charge in [-0.15, -0.1) is 0 Å². The molecule has 2 rings (SSSR count). The average Bonchev–Trinajstić information content (AvgIpc) is 2.92. The van der Waals surface area contributed by atoms with Crippen molar-refractivity contribution in [3.63, 3.8) is 0 Å². The molecule has 0 saturated heterocycles. The van der Waals surface area contributed by atoms with Crippen LogP contribution in [0.2, 0.25) is 0 Å². The van der Waals surface area contributed by atoms with Gasteiger partial charge in [-0.25, -0.2) is 0 Å². The van der Waals surface area contributed by atoms with Crippen LogP contribution in [0.5, 0.6) is 0 Å². The molecule has 0 fully saturated rings. The van der Waals surface area contributed by atoms with Gasteiger partial charge in [0.25, 0.3) is 0 Å². The van der Waals surface area contributed by atoms with E-state index in [-0.39, 0.29) is 6.61 Å². The number of aliphatic hydroxyl groups is 1. The molecule has 1 N–H and O–H groups in total. The molecule has 0 atom stereocenters. The Labute approximate surface area is 119 Å². The lowest BCUT2D eigenvalue weighted by atomic mass is 10.2. The largest absolute Gasteiger partial charge is 0.396 e. The lowest BCUT2D eigenvalue weighted by molar-refractivity contribution is 0.165. The Bertz CT molecular complexity index is 511. The van der Waals surface area contributed by atoms with Crippen molar-refractivity contribution in [2.24, 2.45) is 0 Å². The Morgan fingerprint density at radius 3 is 2.65 bits per heavy atom. The van der Waals surface area contributed by atoms with Crippen molar-refractivity contribution in [2.75, 3.05) is 13.2 Å². The maximum atomic E-state index is 8.94. The molecule has 20 heavy (non-hydrogen) atoms. The van der Waals surface area contributed by atoms with Crippen LogP contribution in [0.4, 0.5) is 0 Å². The fourth-order valence-electron chi connectivity index (χ4n) is 1.99. The van der Waals surface area contributed by atoms with E-state index in [2.05, 4.69) is 28.9 Å². The van der Waals surface area contributed by atoms with Gasteiger partial charge in [0.2, 0.25) is 11.7 Å². The number of benzene rings is 1. The maximum absolute atomic E-state index is 8.94. The summed E-state index contributed by atoms with van der Waals surface area (Å²) in [6, 6.07) is 10.1. The number of aromatic nitrogens is 2. The molecule has 2 aromatic rings. The van der Waals surface area contributed by atoms with E-state index in [4.69, 9.17) is 9.63 Å². The average molecular weight is 275 g/mol. The second kappa shape index (κ2) is 7.17. The Hall–Kier alpha value is -1.72. The standard InChI is InChI=1S/C15H21N3O2/c1-12(2)18(9-6-10-19)11-14-16-15(17-20-14)13-7-4-3-5-8-13/h3-5,7-8,12,19H,6,9-11H2,1-2H3. The third-order valence-electron chi connectivity index (χ3n) is 3.17. The summed E-state index contributed by atoms with van der Waals surface area (Å²) in [6.45, 7) is 5.86. The van der Waals surface area contributed by atoms with E-state index < -0.39 is 0 Å². The Morgan fingerprint density at radius 2 is 2.00 bits per heavy atom. The molecule has 1 aromatic heterocycles. The van der Waals surface area contributed by atoms with E-state index in [0.717, 1.165) is 18.5 Å². The zero-order valence-corrected chi connectivity index (χ0v) is 12.0. The zero-order valence-electron chi connectivity index (χ0n) is 12.0. The first-order valence-electron chi connectivity index (χ1n) is 6.93. The van der Waals surface area contributed by atoms with Crippen LogP contribution in [0.15, 0.2) is 34.9 Å². The maximum Gasteiger partial charge on any atom is 0.241 e. The van der Waals surface area contributed by atoms with Crippen LogP contribution in [-0.4, -0.2) is 39.3 Å². The first-order chi connectivity index (χ1) is 9.70. The predicted molar refractivity (Wildman–Crippen MR) is 77.0 cm³/mol. The minimum absolute atomic E-state index is 0.197. The van der Waals surface area contributed by atoms with E-state index in [1.807, 2.05) is 30.3 Å². The van der Waals surface area contributed by atoms with Gasteiger partial charge in [-0.05, 0) is 20.3 Å². The third kappa shape index (κ3) is 3.88. The Balaban J connectivity index is 2.04. The molecular formula is C15H21N3O2. The summed E-state index contributed by atoms with van der Waals surface area (Å²) in [5.74, 6) is 1.22. The van der Waals surface area contributed by atoms with Crippen molar-refractivity contribution in [2.45, 2.75) is 32.9 Å². The fourth-order valence-corrected chi connectivity index (χ4v) is 1.99. The predicted octanol–water partition coefficient (Wildman–Crippen LogP) is 2.33. The molecular weight excluding hydrogens is 254 g/mol. The molecule has 5 nitrogen and oxygen atoms in total. The van der Waals surface area contributed by atoms with Gasteiger partial charge in [-0.1, -0.05) is 35.5 Å². The first kappa shape index (κ1) is 14.7. The molecule has 0 saturated carbocycles. The van der Waals surface area contributed by atoms with Gasteiger partial charge in [0.05, 0.1) is 6.54 Å². The molecule has 0 bridgehead atoms. The zero-order chi connectivity index (χ0) is 14.4. The molecule has 0 aliphatic heterocycles. The summed E-state index contributed by atoms with van der Waals surface area (Å²) in [5.41, 5.74) is 0.953. The second-order valence-corrected chi connectivity index (χ2v) is 5.02. The van der Waals surface area contributed by atoms with Crippen molar-refractivity contribution < 1.29 is 9.63 Å². The minimum atomic E-state index is 0.197. The van der Waals surface area contributed by atoms with Gasteiger partial charge < -0.3 is 9.63 Å². The highest BCUT2D eigenvalue weighted by Gasteiger charge is 2.15.